The third-order valence-corrected chi connectivity index (χ3v) is 5.90. The van der Waals surface area contributed by atoms with E-state index < -0.39 is 5.82 Å². The largest absolute Gasteiger partial charge is 0.496 e. The zero-order valence-electron chi connectivity index (χ0n) is 18.4. The highest BCUT2D eigenvalue weighted by atomic mass is 19.1. The molecule has 4 aromatic rings. The van der Waals surface area contributed by atoms with Crippen molar-refractivity contribution in [2.75, 3.05) is 25.1 Å². The summed E-state index contributed by atoms with van der Waals surface area (Å²) in [5.74, 6) is 2.16. The smallest absolute Gasteiger partial charge is 0.166 e. The van der Waals surface area contributed by atoms with Gasteiger partial charge in [-0.05, 0) is 36.2 Å². The number of anilines is 1. The summed E-state index contributed by atoms with van der Waals surface area (Å²) in [6.07, 6.45) is 5.14. The first-order chi connectivity index (χ1) is 16.0. The summed E-state index contributed by atoms with van der Waals surface area (Å²) in [6, 6.07) is 12.4. The van der Waals surface area contributed by atoms with Crippen LogP contribution in [0.4, 0.5) is 10.2 Å². The van der Waals surface area contributed by atoms with Crippen LogP contribution in [-0.2, 0) is 0 Å². The van der Waals surface area contributed by atoms with Crippen LogP contribution >= 0.6 is 0 Å². The van der Waals surface area contributed by atoms with Crippen LogP contribution in [0.3, 0.4) is 0 Å². The molecule has 2 N–H and O–H groups in total. The summed E-state index contributed by atoms with van der Waals surface area (Å²) < 4.78 is 21.5. The van der Waals surface area contributed by atoms with E-state index >= 15 is 0 Å². The van der Waals surface area contributed by atoms with Crippen LogP contribution in [0.5, 0.6) is 5.75 Å². The molecule has 33 heavy (non-hydrogen) atoms. The van der Waals surface area contributed by atoms with Gasteiger partial charge in [0.05, 0.1) is 24.6 Å². The molecule has 8 nitrogen and oxygen atoms in total. The van der Waals surface area contributed by atoms with Crippen molar-refractivity contribution in [3.05, 3.63) is 66.9 Å². The Bertz CT molecular complexity index is 1280. The molecule has 168 valence electrons. The molecule has 5 rings (SSSR count). The molecule has 0 spiro atoms. The van der Waals surface area contributed by atoms with Gasteiger partial charge < -0.3 is 15.4 Å². The number of hydrogen-bond acceptors (Lipinski definition) is 7. The third-order valence-electron chi connectivity index (χ3n) is 5.90. The van der Waals surface area contributed by atoms with E-state index in [-0.39, 0.29) is 17.4 Å². The quantitative estimate of drug-likeness (QED) is 0.503. The molecule has 0 bridgehead atoms. The molecule has 1 fully saturated rings. The van der Waals surface area contributed by atoms with Crippen LogP contribution < -0.4 is 15.4 Å². The van der Waals surface area contributed by atoms with Gasteiger partial charge in [-0.1, -0.05) is 19.1 Å². The molecule has 1 aliphatic heterocycles. The van der Waals surface area contributed by atoms with Crippen molar-refractivity contribution in [1.82, 2.24) is 24.7 Å². The van der Waals surface area contributed by atoms with Crippen molar-refractivity contribution >= 4 is 5.82 Å². The summed E-state index contributed by atoms with van der Waals surface area (Å²) in [4.78, 5) is 15.8. The predicted molar refractivity (Wildman–Crippen MR) is 124 cm³/mol. The van der Waals surface area contributed by atoms with Crippen LogP contribution in [0, 0.1) is 11.7 Å². The van der Waals surface area contributed by atoms with Crippen molar-refractivity contribution in [2.45, 2.75) is 13.0 Å². The van der Waals surface area contributed by atoms with Gasteiger partial charge in [-0.25, -0.2) is 24.0 Å². The molecule has 1 saturated heterocycles. The maximum atomic E-state index is 14.5. The van der Waals surface area contributed by atoms with Crippen LogP contribution in [-0.4, -0.2) is 51.0 Å². The summed E-state index contributed by atoms with van der Waals surface area (Å²) in [6.45, 7) is 3.82. The second-order valence-electron chi connectivity index (χ2n) is 8.16. The highest BCUT2D eigenvalue weighted by Crippen LogP contribution is 2.31. The van der Waals surface area contributed by atoms with E-state index in [9.17, 15) is 4.39 Å². The molecule has 0 saturated carbocycles. The average Bonchev–Trinajstić information content (AvgIpc) is 3.46. The van der Waals surface area contributed by atoms with E-state index in [1.807, 2.05) is 24.4 Å². The van der Waals surface area contributed by atoms with Crippen molar-refractivity contribution in [1.29, 1.82) is 0 Å². The van der Waals surface area contributed by atoms with Gasteiger partial charge in [-0.3, -0.25) is 0 Å². The van der Waals surface area contributed by atoms with Gasteiger partial charge >= 0.3 is 0 Å². The number of halogens is 1. The fraction of sp³-hybridized carbons (Fsp3) is 0.250. The molecule has 0 unspecified atom stereocenters. The Morgan fingerprint density at radius 1 is 1.06 bits per heavy atom. The molecular weight excluding hydrogens is 421 g/mol. The molecule has 3 aromatic heterocycles. The number of aromatic nitrogens is 5. The second-order valence-corrected chi connectivity index (χ2v) is 8.16. The first-order valence-electron chi connectivity index (χ1n) is 10.7. The fourth-order valence-corrected chi connectivity index (χ4v) is 4.01. The van der Waals surface area contributed by atoms with Crippen molar-refractivity contribution < 1.29 is 9.13 Å². The van der Waals surface area contributed by atoms with Gasteiger partial charge in [-0.15, -0.1) is 0 Å². The lowest BCUT2D eigenvalue weighted by molar-refractivity contribution is 0.413. The molecule has 4 heterocycles. The summed E-state index contributed by atoms with van der Waals surface area (Å²) in [7, 11) is 1.49. The predicted octanol–water partition coefficient (Wildman–Crippen LogP) is 3.32. The zero-order valence-corrected chi connectivity index (χ0v) is 18.4. The number of nitrogens with two attached hydrogens (primary N) is 1. The van der Waals surface area contributed by atoms with E-state index in [1.165, 1.54) is 13.2 Å². The number of rotatable bonds is 5. The summed E-state index contributed by atoms with van der Waals surface area (Å²) >= 11 is 0. The second kappa shape index (κ2) is 8.59. The topological polar surface area (TPSA) is 95.0 Å². The Morgan fingerprint density at radius 3 is 2.67 bits per heavy atom. The zero-order chi connectivity index (χ0) is 22.9. The SMILES string of the molecule is COc1cccc(F)c1-c1nccc(-c2cnn(-c3cccc(N4C[C@@H](C)[C@H](N)C4)n3)c2)n1. The number of pyridine rings is 1. The normalized spacial score (nSPS) is 18.0. The van der Waals surface area contributed by atoms with Gasteiger partial charge in [0.2, 0.25) is 0 Å². The lowest BCUT2D eigenvalue weighted by atomic mass is 10.1. The minimum Gasteiger partial charge on any atom is -0.496 e. The molecule has 0 radical (unpaired) electrons. The van der Waals surface area contributed by atoms with E-state index in [0.717, 1.165) is 24.5 Å². The highest BCUT2D eigenvalue weighted by molar-refractivity contribution is 5.68. The van der Waals surface area contributed by atoms with Gasteiger partial charge in [0, 0.05) is 37.1 Å². The Hall–Kier alpha value is -3.85. The summed E-state index contributed by atoms with van der Waals surface area (Å²) in [5.41, 5.74) is 7.78. The van der Waals surface area contributed by atoms with Gasteiger partial charge in [-0.2, -0.15) is 5.10 Å². The molecule has 0 aliphatic carbocycles. The van der Waals surface area contributed by atoms with Crippen LogP contribution in [0.1, 0.15) is 6.92 Å². The third kappa shape index (κ3) is 4.03. The Labute approximate surface area is 190 Å². The lowest BCUT2D eigenvalue weighted by Gasteiger charge is -2.17. The molecular formula is C24H24FN7O. The summed E-state index contributed by atoms with van der Waals surface area (Å²) in [5, 5.41) is 4.47. The average molecular weight is 446 g/mol. The Morgan fingerprint density at radius 2 is 1.88 bits per heavy atom. The maximum absolute atomic E-state index is 14.5. The highest BCUT2D eigenvalue weighted by Gasteiger charge is 2.27. The first kappa shape index (κ1) is 21.0. The Kier molecular flexibility index (Phi) is 5.47. The number of benzene rings is 1. The van der Waals surface area contributed by atoms with Crippen LogP contribution in [0.25, 0.3) is 28.5 Å². The van der Waals surface area contributed by atoms with Crippen LogP contribution in [0.15, 0.2) is 61.1 Å². The maximum Gasteiger partial charge on any atom is 0.166 e. The number of nitrogens with zero attached hydrogens (tertiary/aromatic N) is 6. The van der Waals surface area contributed by atoms with E-state index in [0.29, 0.717) is 23.2 Å². The fourth-order valence-electron chi connectivity index (χ4n) is 4.01. The molecule has 2 atom stereocenters. The monoisotopic (exact) mass is 445 g/mol. The van der Waals surface area contributed by atoms with Crippen molar-refractivity contribution in [2.24, 2.45) is 11.7 Å². The number of methoxy groups -OCH3 is 1. The lowest BCUT2D eigenvalue weighted by Crippen LogP contribution is -2.28. The van der Waals surface area contributed by atoms with E-state index in [4.69, 9.17) is 15.5 Å². The number of hydrogen-bond donors (Lipinski definition) is 1. The van der Waals surface area contributed by atoms with Gasteiger partial charge in [0.25, 0.3) is 0 Å². The standard InChI is InChI=1S/C24H24FN7O/c1-15-12-31(14-18(15)26)21-7-4-8-22(30-21)32-13-16(11-28-32)19-9-10-27-24(29-19)23-17(25)5-3-6-20(23)33-2/h3-11,13,15,18H,12,14,26H2,1-2H3/t15-,18-/m1/s1. The molecule has 1 aromatic carbocycles. The number of ether oxygens (including phenoxy) is 1. The van der Waals surface area contributed by atoms with Gasteiger partial charge in [0.15, 0.2) is 11.6 Å². The Balaban J connectivity index is 1.45. The van der Waals surface area contributed by atoms with Crippen molar-refractivity contribution in [3.8, 4) is 34.2 Å². The minimum absolute atomic E-state index is 0.145. The van der Waals surface area contributed by atoms with Gasteiger partial charge in [0.1, 0.15) is 17.4 Å². The van der Waals surface area contributed by atoms with Crippen molar-refractivity contribution in [3.63, 3.8) is 0 Å². The molecule has 9 heteroatoms. The first-order valence-corrected chi connectivity index (χ1v) is 10.7. The van der Waals surface area contributed by atoms with E-state index in [1.54, 1.807) is 35.3 Å². The minimum atomic E-state index is -0.445. The molecule has 1 aliphatic rings. The van der Waals surface area contributed by atoms with Crippen LogP contribution in [0.2, 0.25) is 0 Å². The molecule has 0 amide bonds. The van der Waals surface area contributed by atoms with E-state index in [2.05, 4.69) is 26.9 Å².